The van der Waals surface area contributed by atoms with Gasteiger partial charge >= 0.3 is 6.61 Å². The molecule has 0 unspecified atom stereocenters. The highest BCUT2D eigenvalue weighted by atomic mass is 35.5. The van der Waals surface area contributed by atoms with Gasteiger partial charge in [-0.1, -0.05) is 29.8 Å². The number of hydrogen-bond acceptors (Lipinski definition) is 6. The fourth-order valence-corrected chi connectivity index (χ4v) is 4.72. The van der Waals surface area contributed by atoms with Gasteiger partial charge in [0.1, 0.15) is 22.1 Å². The van der Waals surface area contributed by atoms with Crippen LogP contribution in [0.15, 0.2) is 53.6 Å². The number of methoxy groups -OCH3 is 1. The Morgan fingerprint density at radius 1 is 1.12 bits per heavy atom. The summed E-state index contributed by atoms with van der Waals surface area (Å²) in [5.74, 6) is -1.04. The van der Waals surface area contributed by atoms with Crippen molar-refractivity contribution in [3.63, 3.8) is 0 Å². The molecule has 0 atom stereocenters. The van der Waals surface area contributed by atoms with E-state index in [9.17, 15) is 22.0 Å². The molecule has 12 heteroatoms. The Morgan fingerprint density at radius 3 is 2.38 bits per heavy atom. The second kappa shape index (κ2) is 10.2. The zero-order chi connectivity index (χ0) is 25.0. The first kappa shape index (κ1) is 25.2. The molecule has 0 spiro atoms. The van der Waals surface area contributed by atoms with Crippen molar-refractivity contribution in [2.75, 3.05) is 17.1 Å². The molecule has 1 heterocycles. The van der Waals surface area contributed by atoms with Crippen LogP contribution in [0.5, 0.6) is 11.5 Å². The van der Waals surface area contributed by atoms with Crippen LogP contribution in [0.25, 0.3) is 0 Å². The third kappa shape index (κ3) is 5.72. The third-order valence-corrected chi connectivity index (χ3v) is 6.34. The van der Waals surface area contributed by atoms with Crippen LogP contribution in [0.1, 0.15) is 21.6 Å². The monoisotopic (exact) mass is 511 g/mol. The predicted octanol–water partition coefficient (Wildman–Crippen LogP) is 5.01. The summed E-state index contributed by atoms with van der Waals surface area (Å²) in [7, 11) is -2.79. The molecule has 3 rings (SSSR count). The maximum atomic E-state index is 13.2. The van der Waals surface area contributed by atoms with Crippen molar-refractivity contribution in [2.45, 2.75) is 25.4 Å². The SMILES string of the molecule is COc1ccc(NC(=O)c2ncc(OC(F)F)cc2Cl)cc1S(=O)(=O)Nc1c(C)cccc1C. The molecule has 0 radical (unpaired) electrons. The highest BCUT2D eigenvalue weighted by Crippen LogP contribution is 2.31. The number of alkyl halides is 2. The number of carbonyl (C=O) groups is 1. The summed E-state index contributed by atoms with van der Waals surface area (Å²) < 4.78 is 63.0. The number of aryl methyl sites for hydroxylation is 2. The molecule has 34 heavy (non-hydrogen) atoms. The zero-order valence-electron chi connectivity index (χ0n) is 18.2. The van der Waals surface area contributed by atoms with E-state index in [2.05, 4.69) is 19.8 Å². The van der Waals surface area contributed by atoms with E-state index in [1.54, 1.807) is 26.0 Å². The van der Waals surface area contributed by atoms with Gasteiger partial charge in [0.15, 0.2) is 0 Å². The van der Waals surface area contributed by atoms with Gasteiger partial charge in [-0.25, -0.2) is 13.4 Å². The lowest BCUT2D eigenvalue weighted by molar-refractivity contribution is -0.0500. The largest absolute Gasteiger partial charge is 0.495 e. The van der Waals surface area contributed by atoms with Crippen LogP contribution in [-0.2, 0) is 10.0 Å². The average Bonchev–Trinajstić information content (AvgIpc) is 2.76. The van der Waals surface area contributed by atoms with Gasteiger partial charge in [-0.3, -0.25) is 9.52 Å². The molecule has 0 aliphatic rings. The number of aromatic nitrogens is 1. The average molecular weight is 512 g/mol. The Bertz CT molecular complexity index is 1320. The molecule has 1 amide bonds. The maximum Gasteiger partial charge on any atom is 0.387 e. The summed E-state index contributed by atoms with van der Waals surface area (Å²) in [4.78, 5) is 16.2. The number of amides is 1. The lowest BCUT2D eigenvalue weighted by atomic mass is 10.1. The highest BCUT2D eigenvalue weighted by molar-refractivity contribution is 7.92. The first-order chi connectivity index (χ1) is 16.0. The summed E-state index contributed by atoms with van der Waals surface area (Å²) in [6.07, 6.45) is 0.922. The van der Waals surface area contributed by atoms with Crippen LogP contribution in [0.3, 0.4) is 0 Å². The van der Waals surface area contributed by atoms with E-state index in [0.717, 1.165) is 23.4 Å². The van der Waals surface area contributed by atoms with Crippen LogP contribution in [0, 0.1) is 13.8 Å². The molecule has 0 saturated heterocycles. The van der Waals surface area contributed by atoms with E-state index < -0.39 is 22.5 Å². The second-order valence-electron chi connectivity index (χ2n) is 7.07. The number of benzene rings is 2. The molecule has 2 aromatic carbocycles. The summed E-state index contributed by atoms with van der Waals surface area (Å²) in [6.45, 7) is 0.467. The molecule has 0 aliphatic carbocycles. The van der Waals surface area contributed by atoms with Crippen molar-refractivity contribution < 1.29 is 31.5 Å². The standard InChI is InChI=1S/C22H20ClF2N3O5S/c1-12-5-4-6-13(2)19(12)28-34(30,31)18-9-14(7-8-17(18)32-3)27-21(29)20-16(23)10-15(11-26-20)33-22(24)25/h4-11,22,28H,1-3H3,(H,27,29). The lowest BCUT2D eigenvalue weighted by Gasteiger charge is -2.16. The molecule has 0 aliphatic heterocycles. The van der Waals surface area contributed by atoms with Crippen LogP contribution < -0.4 is 19.5 Å². The molecule has 2 N–H and O–H groups in total. The van der Waals surface area contributed by atoms with Crippen LogP contribution >= 0.6 is 11.6 Å². The van der Waals surface area contributed by atoms with Crippen LogP contribution in [0.2, 0.25) is 5.02 Å². The van der Waals surface area contributed by atoms with E-state index in [1.807, 2.05) is 6.07 Å². The molecule has 1 aromatic heterocycles. The molecule has 0 fully saturated rings. The Hall–Kier alpha value is -3.44. The van der Waals surface area contributed by atoms with Gasteiger partial charge in [-0.15, -0.1) is 0 Å². The predicted molar refractivity (Wildman–Crippen MR) is 124 cm³/mol. The van der Waals surface area contributed by atoms with Gasteiger partial charge in [0.05, 0.1) is 24.0 Å². The van der Waals surface area contributed by atoms with Crippen molar-refractivity contribution in [1.29, 1.82) is 0 Å². The number of sulfonamides is 1. The molecule has 0 saturated carbocycles. The van der Waals surface area contributed by atoms with Crippen molar-refractivity contribution in [3.8, 4) is 11.5 Å². The van der Waals surface area contributed by atoms with Gasteiger partial charge in [-0.05, 0) is 43.2 Å². The number of nitrogens with zero attached hydrogens (tertiary/aromatic N) is 1. The van der Waals surface area contributed by atoms with E-state index in [0.29, 0.717) is 5.69 Å². The minimum absolute atomic E-state index is 0.0568. The van der Waals surface area contributed by atoms with E-state index in [-0.39, 0.29) is 32.8 Å². The van der Waals surface area contributed by atoms with Crippen LogP contribution in [-0.4, -0.2) is 33.0 Å². The van der Waals surface area contributed by atoms with Gasteiger partial charge in [-0.2, -0.15) is 8.78 Å². The van der Waals surface area contributed by atoms with Gasteiger partial charge in [0, 0.05) is 11.8 Å². The summed E-state index contributed by atoms with van der Waals surface area (Å²) in [6, 6.07) is 10.4. The number of rotatable bonds is 8. The molecular formula is C22H20ClF2N3O5S. The number of anilines is 2. The summed E-state index contributed by atoms with van der Waals surface area (Å²) in [5, 5.41) is 2.26. The Morgan fingerprint density at radius 2 is 1.79 bits per heavy atom. The minimum Gasteiger partial charge on any atom is -0.495 e. The van der Waals surface area contributed by atoms with Gasteiger partial charge in [0.25, 0.3) is 15.9 Å². The van der Waals surface area contributed by atoms with Gasteiger partial charge < -0.3 is 14.8 Å². The Labute approximate surface area is 199 Å². The second-order valence-corrected chi connectivity index (χ2v) is 9.13. The number of nitrogens with one attached hydrogen (secondary N) is 2. The number of ether oxygens (including phenoxy) is 2. The number of hydrogen-bond donors (Lipinski definition) is 2. The number of carbonyl (C=O) groups excluding carboxylic acids is 1. The van der Waals surface area contributed by atoms with E-state index in [1.165, 1.54) is 25.3 Å². The first-order valence-electron chi connectivity index (χ1n) is 9.70. The normalized spacial score (nSPS) is 11.3. The fraction of sp³-hybridized carbons (Fsp3) is 0.182. The Balaban J connectivity index is 1.90. The number of halogens is 3. The number of para-hydroxylation sites is 1. The zero-order valence-corrected chi connectivity index (χ0v) is 19.8. The maximum absolute atomic E-state index is 13.2. The third-order valence-electron chi connectivity index (χ3n) is 4.68. The van der Waals surface area contributed by atoms with Crippen LogP contribution in [0.4, 0.5) is 20.2 Å². The molecule has 0 bridgehead atoms. The number of pyridine rings is 1. The quantitative estimate of drug-likeness (QED) is 0.440. The summed E-state index contributed by atoms with van der Waals surface area (Å²) in [5.41, 5.74) is 1.73. The van der Waals surface area contributed by atoms with Gasteiger partial charge in [0.2, 0.25) is 0 Å². The van der Waals surface area contributed by atoms with Crippen molar-refractivity contribution in [2.24, 2.45) is 0 Å². The first-order valence-corrected chi connectivity index (χ1v) is 11.6. The molecule has 180 valence electrons. The highest BCUT2D eigenvalue weighted by Gasteiger charge is 2.23. The van der Waals surface area contributed by atoms with Crippen molar-refractivity contribution in [3.05, 3.63) is 70.5 Å². The summed E-state index contributed by atoms with van der Waals surface area (Å²) >= 11 is 5.97. The topological polar surface area (TPSA) is 107 Å². The van der Waals surface area contributed by atoms with E-state index in [4.69, 9.17) is 16.3 Å². The fourth-order valence-electron chi connectivity index (χ4n) is 3.07. The minimum atomic E-state index is -4.10. The molecular weight excluding hydrogens is 492 g/mol. The van der Waals surface area contributed by atoms with Crippen molar-refractivity contribution >= 4 is 38.9 Å². The van der Waals surface area contributed by atoms with Crippen molar-refractivity contribution in [1.82, 2.24) is 4.98 Å². The molecule has 3 aromatic rings. The molecule has 8 nitrogen and oxygen atoms in total. The Kier molecular flexibility index (Phi) is 7.57. The lowest BCUT2D eigenvalue weighted by Crippen LogP contribution is -2.18. The van der Waals surface area contributed by atoms with E-state index >= 15 is 0 Å². The smallest absolute Gasteiger partial charge is 0.387 e.